The summed E-state index contributed by atoms with van der Waals surface area (Å²) in [6.45, 7) is 9.75. The molecule has 0 spiro atoms. The van der Waals surface area contributed by atoms with Crippen LogP contribution in [0.5, 0.6) is 0 Å². The molecule has 12 heteroatoms. The van der Waals surface area contributed by atoms with Crippen molar-refractivity contribution in [2.45, 2.75) is 78.5 Å². The molecule has 1 aliphatic heterocycles. The Morgan fingerprint density at radius 3 is 2.05 bits per heavy atom. The highest BCUT2D eigenvalue weighted by Gasteiger charge is 2.38. The SMILES string of the molecule is CCN(CC)c1ccc2c(c1)N(C(=O)OC(C)C)CCCC2N(Cc1cc(C(F)(F)F)cc(C(F)(F)F)c1)C(C)=O. The highest BCUT2D eigenvalue weighted by atomic mass is 19.4. The molecule has 0 bridgehead atoms. The minimum absolute atomic E-state index is 0.0650. The van der Waals surface area contributed by atoms with Gasteiger partial charge in [0.1, 0.15) is 0 Å². The Morgan fingerprint density at radius 1 is 0.976 bits per heavy atom. The van der Waals surface area contributed by atoms with Crippen molar-refractivity contribution in [1.29, 1.82) is 0 Å². The van der Waals surface area contributed by atoms with E-state index in [1.807, 2.05) is 26.0 Å². The second kappa shape index (κ2) is 12.6. The molecule has 3 rings (SSSR count). The summed E-state index contributed by atoms with van der Waals surface area (Å²) in [7, 11) is 0. The number of rotatable bonds is 7. The third kappa shape index (κ3) is 7.65. The summed E-state index contributed by atoms with van der Waals surface area (Å²) in [5, 5.41) is 0. The number of hydrogen-bond acceptors (Lipinski definition) is 4. The number of anilines is 2. The van der Waals surface area contributed by atoms with Gasteiger partial charge in [-0.25, -0.2) is 4.79 Å². The largest absolute Gasteiger partial charge is 0.446 e. The topological polar surface area (TPSA) is 53.1 Å². The van der Waals surface area contributed by atoms with Gasteiger partial charge >= 0.3 is 18.4 Å². The smallest absolute Gasteiger partial charge is 0.416 e. The Balaban J connectivity index is 2.14. The molecule has 0 aliphatic carbocycles. The van der Waals surface area contributed by atoms with Crippen molar-refractivity contribution in [3.8, 4) is 0 Å². The van der Waals surface area contributed by atoms with Crippen LogP contribution in [0.3, 0.4) is 0 Å². The molecule has 2 aromatic carbocycles. The maximum Gasteiger partial charge on any atom is 0.416 e. The zero-order valence-corrected chi connectivity index (χ0v) is 23.7. The second-order valence-corrected chi connectivity index (χ2v) is 10.2. The minimum atomic E-state index is -5.01. The van der Waals surface area contributed by atoms with Crippen LogP contribution in [-0.2, 0) is 28.4 Å². The number of hydrogen-bond donors (Lipinski definition) is 0. The van der Waals surface area contributed by atoms with E-state index in [1.54, 1.807) is 19.9 Å². The number of benzene rings is 2. The van der Waals surface area contributed by atoms with Crippen LogP contribution in [-0.4, -0.2) is 42.6 Å². The lowest BCUT2D eigenvalue weighted by Gasteiger charge is -2.33. The first-order valence-electron chi connectivity index (χ1n) is 13.5. The van der Waals surface area contributed by atoms with Crippen LogP contribution in [0.2, 0.25) is 0 Å². The van der Waals surface area contributed by atoms with Crippen LogP contribution in [0, 0.1) is 0 Å². The minimum Gasteiger partial charge on any atom is -0.446 e. The van der Waals surface area contributed by atoms with Gasteiger partial charge < -0.3 is 14.5 Å². The molecule has 0 N–H and O–H groups in total. The lowest BCUT2D eigenvalue weighted by molar-refractivity contribution is -0.143. The summed E-state index contributed by atoms with van der Waals surface area (Å²) >= 11 is 0. The van der Waals surface area contributed by atoms with Gasteiger partial charge in [-0.3, -0.25) is 9.69 Å². The molecule has 2 amide bonds. The van der Waals surface area contributed by atoms with Crippen LogP contribution < -0.4 is 9.80 Å². The standard InChI is InChI=1S/C29H35F6N3O3/c1-6-36(7-2)23-10-11-24-25(9-8-12-37(26(24)16-23)27(40)41-18(3)4)38(19(5)39)17-20-13-21(28(30,31)32)15-22(14-20)29(33,34)35/h10-11,13-16,18,25H,6-9,12,17H2,1-5H3. The van der Waals surface area contributed by atoms with E-state index in [-0.39, 0.29) is 18.2 Å². The van der Waals surface area contributed by atoms with E-state index in [2.05, 4.69) is 4.90 Å². The van der Waals surface area contributed by atoms with Crippen LogP contribution in [0.4, 0.5) is 42.5 Å². The fraction of sp³-hybridized carbons (Fsp3) is 0.517. The first kappa shape index (κ1) is 32.1. The third-order valence-corrected chi connectivity index (χ3v) is 6.99. The second-order valence-electron chi connectivity index (χ2n) is 10.2. The van der Waals surface area contributed by atoms with Crippen molar-refractivity contribution < 1.29 is 40.7 Å². The van der Waals surface area contributed by atoms with E-state index in [1.165, 1.54) is 16.7 Å². The van der Waals surface area contributed by atoms with Gasteiger partial charge in [-0.1, -0.05) is 6.07 Å². The van der Waals surface area contributed by atoms with E-state index < -0.39 is 54.2 Å². The van der Waals surface area contributed by atoms with E-state index in [0.717, 1.165) is 5.69 Å². The lowest BCUT2D eigenvalue weighted by Crippen LogP contribution is -2.35. The molecular weight excluding hydrogens is 552 g/mol. The summed E-state index contributed by atoms with van der Waals surface area (Å²) in [5.74, 6) is -0.530. The molecule has 6 nitrogen and oxygen atoms in total. The van der Waals surface area contributed by atoms with Gasteiger partial charge in [0, 0.05) is 38.8 Å². The number of carbonyl (C=O) groups excluding carboxylic acids is 2. The Bertz CT molecular complexity index is 1210. The molecule has 1 aliphatic rings. The Hall–Kier alpha value is -3.44. The molecule has 1 heterocycles. The molecule has 0 saturated carbocycles. The zero-order chi connectivity index (χ0) is 30.7. The summed E-state index contributed by atoms with van der Waals surface area (Å²) in [4.78, 5) is 30.8. The molecule has 2 aromatic rings. The average molecular weight is 588 g/mol. The fourth-order valence-electron chi connectivity index (χ4n) is 5.08. The van der Waals surface area contributed by atoms with Gasteiger partial charge in [-0.05, 0) is 82.0 Å². The molecule has 226 valence electrons. The highest BCUT2D eigenvalue weighted by molar-refractivity contribution is 5.90. The number of halogens is 6. The van der Waals surface area contributed by atoms with Crippen molar-refractivity contribution in [3.05, 3.63) is 58.7 Å². The number of alkyl halides is 6. The number of carbonyl (C=O) groups is 2. The number of fused-ring (bicyclic) bond motifs is 1. The number of ether oxygens (including phenoxy) is 1. The molecular formula is C29H35F6N3O3. The summed E-state index contributed by atoms with van der Waals surface area (Å²) in [6, 6.07) is 6.03. The van der Waals surface area contributed by atoms with Gasteiger partial charge in [0.2, 0.25) is 5.91 Å². The van der Waals surface area contributed by atoms with Crippen molar-refractivity contribution in [2.24, 2.45) is 0 Å². The molecule has 1 atom stereocenters. The highest BCUT2D eigenvalue weighted by Crippen LogP contribution is 2.41. The van der Waals surface area contributed by atoms with Gasteiger partial charge in [-0.2, -0.15) is 26.3 Å². The lowest BCUT2D eigenvalue weighted by atomic mass is 9.97. The Morgan fingerprint density at radius 2 is 1.56 bits per heavy atom. The molecule has 0 aromatic heterocycles. The van der Waals surface area contributed by atoms with Gasteiger partial charge in [0.05, 0.1) is 29.0 Å². The summed E-state index contributed by atoms with van der Waals surface area (Å²) < 4.78 is 86.5. The molecule has 1 unspecified atom stereocenters. The van der Waals surface area contributed by atoms with Crippen molar-refractivity contribution in [1.82, 2.24) is 4.90 Å². The van der Waals surface area contributed by atoms with Crippen LogP contribution >= 0.6 is 0 Å². The summed E-state index contributed by atoms with van der Waals surface area (Å²) in [5.41, 5.74) is -1.34. The molecule has 0 fully saturated rings. The van der Waals surface area contributed by atoms with Crippen LogP contribution in [0.1, 0.15) is 75.8 Å². The first-order valence-corrected chi connectivity index (χ1v) is 13.5. The Labute approximate surface area is 235 Å². The predicted molar refractivity (Wildman–Crippen MR) is 144 cm³/mol. The monoisotopic (exact) mass is 587 g/mol. The first-order chi connectivity index (χ1) is 19.1. The van der Waals surface area contributed by atoms with Crippen LogP contribution in [0.25, 0.3) is 0 Å². The van der Waals surface area contributed by atoms with Crippen molar-refractivity contribution in [3.63, 3.8) is 0 Å². The van der Waals surface area contributed by atoms with Gasteiger partial charge in [0.15, 0.2) is 0 Å². The Kier molecular flexibility index (Phi) is 9.86. The maximum absolute atomic E-state index is 13.5. The summed E-state index contributed by atoms with van der Waals surface area (Å²) in [6.07, 6.45) is -10.3. The third-order valence-electron chi connectivity index (χ3n) is 6.99. The maximum atomic E-state index is 13.5. The zero-order valence-electron chi connectivity index (χ0n) is 23.7. The predicted octanol–water partition coefficient (Wildman–Crippen LogP) is 7.81. The van der Waals surface area contributed by atoms with Gasteiger partial charge in [-0.15, -0.1) is 0 Å². The van der Waals surface area contributed by atoms with E-state index in [9.17, 15) is 35.9 Å². The fourth-order valence-corrected chi connectivity index (χ4v) is 5.08. The molecule has 41 heavy (non-hydrogen) atoms. The number of nitrogens with zero attached hydrogens (tertiary/aromatic N) is 3. The average Bonchev–Trinajstić information content (AvgIpc) is 3.05. The van der Waals surface area contributed by atoms with Crippen molar-refractivity contribution >= 4 is 23.4 Å². The van der Waals surface area contributed by atoms with Crippen LogP contribution in [0.15, 0.2) is 36.4 Å². The molecule has 0 saturated heterocycles. The molecule has 0 radical (unpaired) electrons. The van der Waals surface area contributed by atoms with E-state index in [4.69, 9.17) is 4.74 Å². The quantitative estimate of drug-likeness (QED) is 0.310. The van der Waals surface area contributed by atoms with Gasteiger partial charge in [0.25, 0.3) is 0 Å². The van der Waals surface area contributed by atoms with E-state index in [0.29, 0.717) is 49.3 Å². The number of amides is 2. The van der Waals surface area contributed by atoms with E-state index >= 15 is 0 Å². The normalized spacial score (nSPS) is 15.8. The van der Waals surface area contributed by atoms with Crippen molar-refractivity contribution in [2.75, 3.05) is 29.4 Å².